The molecule has 0 bridgehead atoms. The molecular weight excluding hydrogens is 347 g/mol. The maximum absolute atomic E-state index is 13.8. The molecule has 0 aliphatic rings. The first-order chi connectivity index (χ1) is 12.6. The Hall–Kier alpha value is -2.99. The van der Waals surface area contributed by atoms with Crippen LogP contribution in [0, 0.1) is 12.7 Å². The van der Waals surface area contributed by atoms with E-state index >= 15 is 0 Å². The predicted octanol–water partition coefficient (Wildman–Crippen LogP) is 4.30. The number of rotatable bonds is 5. The second-order valence-corrected chi connectivity index (χ2v) is 6.25. The Labute approximate surface area is 157 Å². The third-order valence-corrected chi connectivity index (χ3v) is 4.00. The lowest BCUT2D eigenvalue weighted by molar-refractivity contribution is 0.599. The molecule has 0 spiro atoms. The average Bonchev–Trinajstić information content (AvgIpc) is 3.04. The first-order valence-corrected chi connectivity index (χ1v) is 8.58. The standard InChI is InChI=1S/C20H19FN4S/c1-15-6-4-8-17(12-15)23-20(26)24-22-13-18-9-5-11-25(18)14-16-7-2-3-10-19(16)21/h2-13H,14H2,1H3,(H2,23,24,26)/b22-13-. The van der Waals surface area contributed by atoms with Crippen LogP contribution >= 0.6 is 12.2 Å². The van der Waals surface area contributed by atoms with Crippen LogP contribution in [0.5, 0.6) is 0 Å². The van der Waals surface area contributed by atoms with E-state index in [2.05, 4.69) is 15.8 Å². The van der Waals surface area contributed by atoms with E-state index in [9.17, 15) is 4.39 Å². The van der Waals surface area contributed by atoms with Gasteiger partial charge in [0.05, 0.1) is 18.5 Å². The van der Waals surface area contributed by atoms with Crippen LogP contribution in [0.1, 0.15) is 16.8 Å². The summed E-state index contributed by atoms with van der Waals surface area (Å²) in [5, 5.41) is 7.64. The summed E-state index contributed by atoms with van der Waals surface area (Å²) in [5.74, 6) is -0.217. The summed E-state index contributed by atoms with van der Waals surface area (Å²) >= 11 is 5.24. The summed E-state index contributed by atoms with van der Waals surface area (Å²) in [4.78, 5) is 0. The number of halogens is 1. The van der Waals surface area contributed by atoms with Gasteiger partial charge in [-0.05, 0) is 55.0 Å². The number of thiocarbonyl (C=S) groups is 1. The monoisotopic (exact) mass is 366 g/mol. The molecule has 6 heteroatoms. The van der Waals surface area contributed by atoms with E-state index in [0.29, 0.717) is 17.2 Å². The predicted molar refractivity (Wildman–Crippen MR) is 108 cm³/mol. The molecule has 0 unspecified atom stereocenters. The SMILES string of the molecule is Cc1cccc(NC(=S)N/N=C\c2cccn2Cc2ccccc2F)c1. The van der Waals surface area contributed by atoms with Gasteiger partial charge in [0.2, 0.25) is 0 Å². The van der Waals surface area contributed by atoms with Crippen molar-refractivity contribution in [3.63, 3.8) is 0 Å². The van der Waals surface area contributed by atoms with Gasteiger partial charge in [-0.15, -0.1) is 0 Å². The first kappa shape index (κ1) is 17.8. The molecular formula is C20H19FN4S. The van der Waals surface area contributed by atoms with E-state index < -0.39 is 0 Å². The summed E-state index contributed by atoms with van der Waals surface area (Å²) in [6.07, 6.45) is 3.54. The zero-order chi connectivity index (χ0) is 18.4. The number of hydrogen-bond acceptors (Lipinski definition) is 2. The van der Waals surface area contributed by atoms with Crippen LogP contribution < -0.4 is 10.7 Å². The van der Waals surface area contributed by atoms with Crippen molar-refractivity contribution in [2.45, 2.75) is 13.5 Å². The summed E-state index contributed by atoms with van der Waals surface area (Å²) in [7, 11) is 0. The summed E-state index contributed by atoms with van der Waals surface area (Å²) < 4.78 is 15.7. The number of anilines is 1. The van der Waals surface area contributed by atoms with Gasteiger partial charge in [0.25, 0.3) is 0 Å². The lowest BCUT2D eigenvalue weighted by atomic mass is 10.2. The summed E-state index contributed by atoms with van der Waals surface area (Å²) in [6, 6.07) is 18.5. The van der Waals surface area contributed by atoms with Gasteiger partial charge in [-0.1, -0.05) is 30.3 Å². The van der Waals surface area contributed by atoms with Gasteiger partial charge in [0.15, 0.2) is 5.11 Å². The molecule has 0 atom stereocenters. The highest BCUT2D eigenvalue weighted by Crippen LogP contribution is 2.11. The molecule has 3 rings (SSSR count). The molecule has 0 amide bonds. The van der Waals surface area contributed by atoms with Crippen molar-refractivity contribution in [1.82, 2.24) is 9.99 Å². The van der Waals surface area contributed by atoms with E-state index in [-0.39, 0.29) is 5.82 Å². The van der Waals surface area contributed by atoms with Crippen molar-refractivity contribution in [2.24, 2.45) is 5.10 Å². The Kier molecular flexibility index (Phi) is 5.76. The lowest BCUT2D eigenvalue weighted by Gasteiger charge is -2.09. The number of nitrogens with zero attached hydrogens (tertiary/aromatic N) is 2. The smallest absolute Gasteiger partial charge is 0.191 e. The van der Waals surface area contributed by atoms with Gasteiger partial charge in [-0.25, -0.2) is 4.39 Å². The highest BCUT2D eigenvalue weighted by molar-refractivity contribution is 7.80. The molecule has 2 aromatic carbocycles. The zero-order valence-electron chi connectivity index (χ0n) is 14.3. The molecule has 0 aliphatic carbocycles. The maximum atomic E-state index is 13.8. The molecule has 0 fully saturated rings. The fourth-order valence-electron chi connectivity index (χ4n) is 2.54. The van der Waals surface area contributed by atoms with Gasteiger partial charge in [0.1, 0.15) is 5.82 Å². The van der Waals surface area contributed by atoms with E-state index in [0.717, 1.165) is 16.9 Å². The van der Waals surface area contributed by atoms with Crippen molar-refractivity contribution in [3.05, 3.63) is 89.5 Å². The van der Waals surface area contributed by atoms with E-state index in [4.69, 9.17) is 12.2 Å². The Bertz CT molecular complexity index is 933. The molecule has 3 aromatic rings. The minimum atomic E-state index is -0.217. The molecule has 4 nitrogen and oxygen atoms in total. The van der Waals surface area contributed by atoms with Gasteiger partial charge in [-0.3, -0.25) is 5.43 Å². The normalized spacial score (nSPS) is 10.8. The number of nitrogens with one attached hydrogen (secondary N) is 2. The molecule has 1 heterocycles. The summed E-state index contributed by atoms with van der Waals surface area (Å²) in [6.45, 7) is 2.45. The molecule has 0 saturated carbocycles. The number of hydrazone groups is 1. The number of aryl methyl sites for hydroxylation is 1. The van der Waals surface area contributed by atoms with Gasteiger partial charge in [-0.2, -0.15) is 5.10 Å². The van der Waals surface area contributed by atoms with E-state index in [1.54, 1.807) is 18.3 Å². The Balaban J connectivity index is 1.60. The van der Waals surface area contributed by atoms with Crippen molar-refractivity contribution in [3.8, 4) is 0 Å². The molecule has 132 valence electrons. The van der Waals surface area contributed by atoms with Crippen LogP contribution in [0.4, 0.5) is 10.1 Å². The second kappa shape index (κ2) is 8.40. The van der Waals surface area contributed by atoms with Crippen LogP contribution in [0.3, 0.4) is 0 Å². The third-order valence-electron chi connectivity index (χ3n) is 3.80. The number of benzene rings is 2. The molecule has 0 aliphatic heterocycles. The molecule has 2 N–H and O–H groups in total. The van der Waals surface area contributed by atoms with E-state index in [1.165, 1.54) is 6.07 Å². The maximum Gasteiger partial charge on any atom is 0.191 e. The molecule has 0 saturated heterocycles. The minimum absolute atomic E-state index is 0.217. The van der Waals surface area contributed by atoms with Crippen molar-refractivity contribution >= 4 is 29.2 Å². The highest BCUT2D eigenvalue weighted by Gasteiger charge is 2.04. The first-order valence-electron chi connectivity index (χ1n) is 8.17. The van der Waals surface area contributed by atoms with Crippen LogP contribution in [-0.2, 0) is 6.54 Å². The van der Waals surface area contributed by atoms with Gasteiger partial charge in [0, 0.05) is 17.4 Å². The van der Waals surface area contributed by atoms with Crippen LogP contribution in [0.2, 0.25) is 0 Å². The molecule has 26 heavy (non-hydrogen) atoms. The fraction of sp³-hybridized carbons (Fsp3) is 0.100. The second-order valence-electron chi connectivity index (χ2n) is 5.85. The van der Waals surface area contributed by atoms with Crippen LogP contribution in [0.15, 0.2) is 72.0 Å². The zero-order valence-corrected chi connectivity index (χ0v) is 15.1. The van der Waals surface area contributed by atoms with Crippen molar-refractivity contribution in [1.29, 1.82) is 0 Å². The Morgan fingerprint density at radius 1 is 1.15 bits per heavy atom. The minimum Gasteiger partial charge on any atom is -0.342 e. The number of aromatic nitrogens is 1. The van der Waals surface area contributed by atoms with Crippen LogP contribution in [-0.4, -0.2) is 15.9 Å². The van der Waals surface area contributed by atoms with Crippen molar-refractivity contribution in [2.75, 3.05) is 5.32 Å². The topological polar surface area (TPSA) is 41.4 Å². The van der Waals surface area contributed by atoms with Crippen LogP contribution in [0.25, 0.3) is 0 Å². The van der Waals surface area contributed by atoms with Gasteiger partial charge < -0.3 is 9.88 Å². The van der Waals surface area contributed by atoms with Crippen molar-refractivity contribution < 1.29 is 4.39 Å². The quantitative estimate of drug-likeness (QED) is 0.402. The number of hydrogen-bond donors (Lipinski definition) is 2. The largest absolute Gasteiger partial charge is 0.342 e. The Morgan fingerprint density at radius 3 is 2.81 bits per heavy atom. The van der Waals surface area contributed by atoms with E-state index in [1.807, 2.05) is 60.2 Å². The average molecular weight is 366 g/mol. The highest BCUT2D eigenvalue weighted by atomic mass is 32.1. The summed E-state index contributed by atoms with van der Waals surface area (Å²) in [5.41, 5.74) is 6.32. The molecule has 0 radical (unpaired) electrons. The third kappa shape index (κ3) is 4.77. The fourth-order valence-corrected chi connectivity index (χ4v) is 2.71. The molecule has 1 aromatic heterocycles. The Morgan fingerprint density at radius 2 is 2.00 bits per heavy atom. The lowest BCUT2D eigenvalue weighted by Crippen LogP contribution is -2.24. The van der Waals surface area contributed by atoms with Gasteiger partial charge >= 0.3 is 0 Å².